The van der Waals surface area contributed by atoms with Crippen LogP contribution in [0.25, 0.3) is 66.8 Å². The maximum absolute atomic E-state index is 14.8. The van der Waals surface area contributed by atoms with Crippen molar-refractivity contribution in [2.45, 2.75) is 24.2 Å². The zero-order valence-electron chi connectivity index (χ0n) is 29.6. The van der Waals surface area contributed by atoms with E-state index >= 15 is 0 Å². The Hall–Kier alpha value is -6.57. The number of ketones is 1. The second-order valence-corrected chi connectivity index (χ2v) is 15.4. The van der Waals surface area contributed by atoms with Crippen molar-refractivity contribution in [3.05, 3.63) is 215 Å². The number of fused-ring (bicyclic) bond motifs is 17. The predicted octanol–water partition coefficient (Wildman–Crippen LogP) is 12.9. The Labute approximate surface area is 315 Å². The average Bonchev–Trinajstić information content (AvgIpc) is 3.71. The van der Waals surface area contributed by atoms with Crippen molar-refractivity contribution in [1.29, 1.82) is 0 Å². The molecule has 8 aromatic carbocycles. The topological polar surface area (TPSA) is 17.1 Å². The predicted molar refractivity (Wildman–Crippen MR) is 220 cm³/mol. The monoisotopic (exact) mass is 686 g/mol. The van der Waals surface area contributed by atoms with Gasteiger partial charge < -0.3 is 0 Å². The van der Waals surface area contributed by atoms with E-state index in [1.165, 1.54) is 83.5 Å². The molecule has 8 aromatic rings. The third kappa shape index (κ3) is 3.86. The Morgan fingerprint density at radius 2 is 0.889 bits per heavy atom. The molecule has 0 N–H and O–H groups in total. The molecule has 1 spiro atoms. The van der Waals surface area contributed by atoms with Gasteiger partial charge in [-0.1, -0.05) is 158 Å². The van der Waals surface area contributed by atoms with Crippen LogP contribution in [0, 0.1) is 0 Å². The zero-order chi connectivity index (χ0) is 35.5. The maximum atomic E-state index is 14.8. The van der Waals surface area contributed by atoms with E-state index in [2.05, 4.69) is 176 Å². The van der Waals surface area contributed by atoms with Crippen LogP contribution in [0.3, 0.4) is 0 Å². The summed E-state index contributed by atoms with van der Waals surface area (Å²) >= 11 is 0. The van der Waals surface area contributed by atoms with Crippen LogP contribution in [0.2, 0.25) is 0 Å². The fourth-order valence-electron chi connectivity index (χ4n) is 10.7. The van der Waals surface area contributed by atoms with Crippen molar-refractivity contribution in [2.75, 3.05) is 0 Å². The molecular weight excluding hydrogens is 653 g/mol. The summed E-state index contributed by atoms with van der Waals surface area (Å²) in [5.74, 6) is 0.267. The lowest BCUT2D eigenvalue weighted by atomic mass is 9.67. The van der Waals surface area contributed by atoms with Crippen molar-refractivity contribution >= 4 is 5.78 Å². The smallest absolute Gasteiger partial charge is 0.164 e. The summed E-state index contributed by atoms with van der Waals surface area (Å²) in [6.45, 7) is 0. The second kappa shape index (κ2) is 11.0. The molecule has 0 amide bonds. The van der Waals surface area contributed by atoms with E-state index in [1.807, 2.05) is 0 Å². The number of Topliss-reactive ketones (excluding diaryl/α,β-unsaturated/α-hetero) is 1. The van der Waals surface area contributed by atoms with Crippen molar-refractivity contribution in [3.8, 4) is 66.8 Å². The van der Waals surface area contributed by atoms with E-state index in [0.717, 1.165) is 28.7 Å². The van der Waals surface area contributed by atoms with Gasteiger partial charge in [-0.25, -0.2) is 0 Å². The molecule has 2 bridgehead atoms. The molecule has 1 nitrogen and oxygen atoms in total. The number of hydrogen-bond acceptors (Lipinski definition) is 1. The van der Waals surface area contributed by atoms with Crippen LogP contribution in [-0.2, 0) is 11.8 Å². The fourth-order valence-corrected chi connectivity index (χ4v) is 10.7. The normalized spacial score (nSPS) is 16.0. The lowest BCUT2D eigenvalue weighted by Crippen LogP contribution is -2.26. The summed E-state index contributed by atoms with van der Waals surface area (Å²) in [4.78, 5) is 14.8. The number of carbonyl (C=O) groups is 1. The third-order valence-electron chi connectivity index (χ3n) is 12.9. The molecule has 4 aliphatic rings. The molecule has 0 heterocycles. The highest BCUT2D eigenvalue weighted by atomic mass is 16.1. The second-order valence-electron chi connectivity index (χ2n) is 15.4. The van der Waals surface area contributed by atoms with Crippen molar-refractivity contribution < 1.29 is 4.79 Å². The van der Waals surface area contributed by atoms with Gasteiger partial charge in [-0.3, -0.25) is 4.79 Å². The molecule has 0 saturated heterocycles. The summed E-state index contributed by atoms with van der Waals surface area (Å²) < 4.78 is 0. The highest BCUT2D eigenvalue weighted by Crippen LogP contribution is 2.65. The van der Waals surface area contributed by atoms with Crippen LogP contribution in [0.15, 0.2) is 176 Å². The minimum Gasteiger partial charge on any atom is -0.294 e. The van der Waals surface area contributed by atoms with Gasteiger partial charge in [0.25, 0.3) is 0 Å². The number of hydrogen-bond donors (Lipinski definition) is 0. The largest absolute Gasteiger partial charge is 0.294 e. The van der Waals surface area contributed by atoms with Crippen LogP contribution >= 0.6 is 0 Å². The standard InChI is InChI=1S/C53H34O/c54-50-31-36-30-45-43(28-35(33-15-5-2-6-16-33)29-44(45)42-27-34(23-24-39(42)50)32-13-3-1-4-14-32)40-25-26-49-52(51(36)40)41-19-9-12-22-48(41)53(49)46-20-10-7-17-37(46)38-18-8-11-21-47(38)53/h1-29,36H,30-31H2. The zero-order valence-corrected chi connectivity index (χ0v) is 29.6. The van der Waals surface area contributed by atoms with Crippen LogP contribution in [-0.4, -0.2) is 5.78 Å². The Morgan fingerprint density at radius 3 is 1.56 bits per heavy atom. The van der Waals surface area contributed by atoms with Crippen molar-refractivity contribution in [1.82, 2.24) is 0 Å². The molecule has 4 aliphatic carbocycles. The quantitative estimate of drug-likeness (QED) is 0.177. The first-order chi connectivity index (χ1) is 26.7. The molecule has 0 aromatic heterocycles. The third-order valence-corrected chi connectivity index (χ3v) is 12.9. The number of carbonyl (C=O) groups excluding carboxylic acids is 1. The van der Waals surface area contributed by atoms with E-state index < -0.39 is 5.41 Å². The molecule has 0 fully saturated rings. The first-order valence-electron chi connectivity index (χ1n) is 19.1. The minimum absolute atomic E-state index is 0.0494. The van der Waals surface area contributed by atoms with Crippen molar-refractivity contribution in [2.24, 2.45) is 0 Å². The molecule has 0 saturated carbocycles. The fraction of sp³-hybridized carbons (Fsp3) is 0.0755. The van der Waals surface area contributed by atoms with Gasteiger partial charge in [-0.15, -0.1) is 0 Å². The molecule has 1 heteroatoms. The molecule has 54 heavy (non-hydrogen) atoms. The Bertz CT molecular complexity index is 2850. The van der Waals surface area contributed by atoms with Gasteiger partial charge in [0.1, 0.15) is 0 Å². The molecular formula is C53H34O. The van der Waals surface area contributed by atoms with Crippen LogP contribution in [0.4, 0.5) is 0 Å². The molecule has 252 valence electrons. The van der Waals surface area contributed by atoms with E-state index in [9.17, 15) is 4.79 Å². The van der Waals surface area contributed by atoms with E-state index in [4.69, 9.17) is 0 Å². The first-order valence-corrected chi connectivity index (χ1v) is 19.1. The van der Waals surface area contributed by atoms with Crippen LogP contribution in [0.1, 0.15) is 56.1 Å². The average molecular weight is 687 g/mol. The minimum atomic E-state index is -0.419. The lowest BCUT2D eigenvalue weighted by molar-refractivity contribution is 0.0973. The number of benzene rings is 8. The molecule has 1 unspecified atom stereocenters. The van der Waals surface area contributed by atoms with E-state index in [1.54, 1.807) is 0 Å². The van der Waals surface area contributed by atoms with Gasteiger partial charge in [0.05, 0.1) is 5.41 Å². The first kappa shape index (κ1) is 29.9. The summed E-state index contributed by atoms with van der Waals surface area (Å²) in [5.41, 5.74) is 23.1. The number of rotatable bonds is 2. The highest BCUT2D eigenvalue weighted by molar-refractivity contribution is 6.07. The van der Waals surface area contributed by atoms with Gasteiger partial charge in [-0.2, -0.15) is 0 Å². The SMILES string of the molecule is O=C1CC2Cc3c(cc(-c4ccccc4)cc3-c3ccc4c(c32)-c2ccccc2C42c3ccccc3-c3ccccc32)-c2cc(-c3ccccc3)ccc21. The van der Waals surface area contributed by atoms with Crippen LogP contribution < -0.4 is 0 Å². The highest BCUT2D eigenvalue weighted by Gasteiger charge is 2.53. The summed E-state index contributed by atoms with van der Waals surface area (Å²) in [7, 11) is 0. The van der Waals surface area contributed by atoms with E-state index in [0.29, 0.717) is 6.42 Å². The molecule has 12 rings (SSSR count). The maximum Gasteiger partial charge on any atom is 0.164 e. The molecule has 0 aliphatic heterocycles. The molecule has 0 radical (unpaired) electrons. The van der Waals surface area contributed by atoms with Gasteiger partial charge in [-0.05, 0) is 131 Å². The van der Waals surface area contributed by atoms with Gasteiger partial charge >= 0.3 is 0 Å². The van der Waals surface area contributed by atoms with Gasteiger partial charge in [0.2, 0.25) is 0 Å². The summed E-state index contributed by atoms with van der Waals surface area (Å²) in [6.07, 6.45) is 1.30. The summed E-state index contributed by atoms with van der Waals surface area (Å²) in [6, 6.07) is 64.4. The van der Waals surface area contributed by atoms with Crippen molar-refractivity contribution in [3.63, 3.8) is 0 Å². The van der Waals surface area contributed by atoms with Gasteiger partial charge in [0.15, 0.2) is 5.78 Å². The van der Waals surface area contributed by atoms with Crippen LogP contribution in [0.5, 0.6) is 0 Å². The Balaban J connectivity index is 1.18. The van der Waals surface area contributed by atoms with E-state index in [-0.39, 0.29) is 11.7 Å². The lowest BCUT2D eigenvalue weighted by Gasteiger charge is -2.35. The van der Waals surface area contributed by atoms with Gasteiger partial charge in [0, 0.05) is 12.0 Å². The Kier molecular flexibility index (Phi) is 6.09. The molecule has 1 atom stereocenters. The Morgan fingerprint density at radius 1 is 0.370 bits per heavy atom. The summed E-state index contributed by atoms with van der Waals surface area (Å²) in [5, 5.41) is 0.